The van der Waals surface area contributed by atoms with Crippen molar-refractivity contribution in [3.05, 3.63) is 152 Å². The van der Waals surface area contributed by atoms with E-state index in [4.69, 9.17) is 0 Å². The molecule has 0 radical (unpaired) electrons. The van der Waals surface area contributed by atoms with Crippen molar-refractivity contribution in [1.82, 2.24) is 0 Å². The summed E-state index contributed by atoms with van der Waals surface area (Å²) in [6.07, 6.45) is 5.98. The van der Waals surface area contributed by atoms with Crippen molar-refractivity contribution in [3.8, 4) is 11.1 Å². The first-order valence-corrected chi connectivity index (χ1v) is 17.1. The summed E-state index contributed by atoms with van der Waals surface area (Å²) in [6, 6.07) is 41.0. The SMILES string of the molecule is CCC1=CC(CC)=[C]([Zr](=[C](c2ccccc2)c2ccccc2)[CH]2c3ccccc3-c3ccccc32)C1. The van der Waals surface area contributed by atoms with E-state index in [9.17, 15) is 0 Å². The Kier molecular flexibility index (Phi) is 6.68. The molecule has 0 unspecified atom stereocenters. The van der Waals surface area contributed by atoms with Gasteiger partial charge in [0.15, 0.2) is 0 Å². The van der Waals surface area contributed by atoms with Crippen molar-refractivity contribution >= 4 is 3.21 Å². The molecule has 0 amide bonds. The molecule has 0 saturated heterocycles. The average molecular weight is 544 g/mol. The van der Waals surface area contributed by atoms with E-state index in [0.29, 0.717) is 3.63 Å². The quantitative estimate of drug-likeness (QED) is 0.228. The minimum atomic E-state index is -2.61. The van der Waals surface area contributed by atoms with Crippen molar-refractivity contribution in [2.45, 2.75) is 36.7 Å². The van der Waals surface area contributed by atoms with Gasteiger partial charge in [0, 0.05) is 0 Å². The van der Waals surface area contributed by atoms with E-state index in [1.54, 1.807) is 28.8 Å². The van der Waals surface area contributed by atoms with Crippen LogP contribution in [0.25, 0.3) is 11.1 Å². The van der Waals surface area contributed by atoms with Crippen LogP contribution in [-0.4, -0.2) is 3.21 Å². The van der Waals surface area contributed by atoms with Crippen LogP contribution in [0.15, 0.2) is 130 Å². The van der Waals surface area contributed by atoms with Gasteiger partial charge >= 0.3 is 224 Å². The van der Waals surface area contributed by atoms with Crippen molar-refractivity contribution in [2.24, 2.45) is 0 Å². The summed E-state index contributed by atoms with van der Waals surface area (Å²) < 4.78 is 3.93. The van der Waals surface area contributed by atoms with E-state index in [1.165, 1.54) is 28.7 Å². The van der Waals surface area contributed by atoms with Crippen LogP contribution in [0.2, 0.25) is 0 Å². The van der Waals surface area contributed by atoms with Crippen LogP contribution >= 0.6 is 0 Å². The number of rotatable bonds is 6. The second-order valence-corrected chi connectivity index (χ2v) is 16.0. The summed E-state index contributed by atoms with van der Waals surface area (Å²) in [5.74, 6) is 0. The van der Waals surface area contributed by atoms with Crippen LogP contribution in [0.4, 0.5) is 0 Å². The molecular formula is C35H32Zr. The number of benzene rings is 4. The Labute approximate surface area is 223 Å². The first-order chi connectivity index (χ1) is 17.8. The van der Waals surface area contributed by atoms with Crippen molar-refractivity contribution in [1.29, 1.82) is 0 Å². The molecule has 0 fully saturated rings. The van der Waals surface area contributed by atoms with E-state index in [2.05, 4.69) is 129 Å². The van der Waals surface area contributed by atoms with Gasteiger partial charge in [-0.2, -0.15) is 0 Å². The van der Waals surface area contributed by atoms with Crippen molar-refractivity contribution in [2.75, 3.05) is 0 Å². The Morgan fingerprint density at radius 1 is 0.639 bits per heavy atom. The van der Waals surface area contributed by atoms with Gasteiger partial charge in [-0.25, -0.2) is 0 Å². The van der Waals surface area contributed by atoms with Gasteiger partial charge in [0.25, 0.3) is 0 Å². The zero-order valence-corrected chi connectivity index (χ0v) is 23.6. The monoisotopic (exact) mass is 542 g/mol. The molecule has 2 aliphatic rings. The van der Waals surface area contributed by atoms with Crippen LogP contribution < -0.4 is 0 Å². The average Bonchev–Trinajstić information content (AvgIpc) is 3.52. The molecule has 0 nitrogen and oxygen atoms in total. The summed E-state index contributed by atoms with van der Waals surface area (Å²) in [6.45, 7) is 4.68. The van der Waals surface area contributed by atoms with Gasteiger partial charge in [-0.1, -0.05) is 0 Å². The molecule has 6 rings (SSSR count). The molecule has 1 heteroatoms. The zero-order chi connectivity index (χ0) is 24.5. The third-order valence-electron chi connectivity index (χ3n) is 7.85. The van der Waals surface area contributed by atoms with E-state index < -0.39 is 21.3 Å². The van der Waals surface area contributed by atoms with Gasteiger partial charge in [0.2, 0.25) is 0 Å². The van der Waals surface area contributed by atoms with Crippen LogP contribution in [0, 0.1) is 0 Å². The maximum atomic E-state index is 2.55. The van der Waals surface area contributed by atoms with E-state index in [1.807, 2.05) is 0 Å². The van der Waals surface area contributed by atoms with Gasteiger partial charge in [-0.05, 0) is 0 Å². The Morgan fingerprint density at radius 2 is 1.14 bits per heavy atom. The van der Waals surface area contributed by atoms with Crippen LogP contribution in [0.1, 0.15) is 59.0 Å². The maximum absolute atomic E-state index is 2.61. The number of allylic oxidation sites excluding steroid dienone is 4. The topological polar surface area (TPSA) is 0 Å². The van der Waals surface area contributed by atoms with Crippen molar-refractivity contribution in [3.63, 3.8) is 0 Å². The Morgan fingerprint density at radius 3 is 1.64 bits per heavy atom. The molecule has 0 aromatic heterocycles. The predicted octanol–water partition coefficient (Wildman–Crippen LogP) is 9.05. The van der Waals surface area contributed by atoms with Gasteiger partial charge in [0.05, 0.1) is 0 Å². The summed E-state index contributed by atoms with van der Waals surface area (Å²) >= 11 is -2.61. The van der Waals surface area contributed by atoms with Crippen LogP contribution in [0.5, 0.6) is 0 Å². The summed E-state index contributed by atoms with van der Waals surface area (Å²) in [4.78, 5) is 0. The standard InChI is InChI=1S/C13H9.C13H10.C9H13.Zr/c1-3-7-12-10(5-1)9-11-6-2-4-8-13(11)12;1-3-7-12(8-4-1)11-13-9-5-2-6-10-13;1-3-8-5-6-9(4-2)7-8;/h1-9H;1-10H;7H,3-5H2,1-2H3;. The fraction of sp³-hybridized carbons (Fsp3) is 0.171. The fourth-order valence-corrected chi connectivity index (χ4v) is 16.1. The number of fused-ring (bicyclic) bond motifs is 3. The molecule has 4 aromatic rings. The van der Waals surface area contributed by atoms with E-state index in [0.717, 1.165) is 12.8 Å². The van der Waals surface area contributed by atoms with E-state index >= 15 is 0 Å². The number of hydrogen-bond acceptors (Lipinski definition) is 0. The summed E-state index contributed by atoms with van der Waals surface area (Å²) in [5.41, 5.74) is 12.0. The summed E-state index contributed by atoms with van der Waals surface area (Å²) in [5, 5.41) is 0. The molecule has 0 spiro atoms. The molecule has 0 aliphatic heterocycles. The fourth-order valence-electron chi connectivity index (χ4n) is 6.16. The second-order valence-electron chi connectivity index (χ2n) is 9.82. The van der Waals surface area contributed by atoms with Gasteiger partial charge in [0.1, 0.15) is 0 Å². The van der Waals surface area contributed by atoms with Crippen LogP contribution in [-0.2, 0) is 21.3 Å². The molecule has 2 aliphatic carbocycles. The van der Waals surface area contributed by atoms with E-state index in [-0.39, 0.29) is 0 Å². The molecule has 0 atom stereocenters. The molecule has 0 N–H and O–H groups in total. The molecule has 176 valence electrons. The van der Waals surface area contributed by atoms with Gasteiger partial charge in [-0.3, -0.25) is 0 Å². The number of hydrogen-bond donors (Lipinski definition) is 0. The normalized spacial score (nSPS) is 14.4. The molecule has 4 aromatic carbocycles. The summed E-state index contributed by atoms with van der Waals surface area (Å²) in [7, 11) is 0. The first kappa shape index (κ1) is 23.5. The Hall–Kier alpha value is -2.89. The molecule has 0 heterocycles. The molecule has 0 saturated carbocycles. The van der Waals surface area contributed by atoms with Crippen LogP contribution in [0.3, 0.4) is 0 Å². The van der Waals surface area contributed by atoms with Crippen molar-refractivity contribution < 1.29 is 21.3 Å². The molecule has 36 heavy (non-hydrogen) atoms. The molecular weight excluding hydrogens is 512 g/mol. The predicted molar refractivity (Wildman–Crippen MR) is 150 cm³/mol. The van der Waals surface area contributed by atoms with Gasteiger partial charge < -0.3 is 0 Å². The Balaban J connectivity index is 1.74. The first-order valence-electron chi connectivity index (χ1n) is 13.2. The second kappa shape index (κ2) is 10.2. The minimum absolute atomic E-state index is 0.483. The molecule has 0 bridgehead atoms. The zero-order valence-electron chi connectivity index (χ0n) is 21.2. The van der Waals surface area contributed by atoms with Gasteiger partial charge in [-0.15, -0.1) is 0 Å². The third kappa shape index (κ3) is 4.08. The Bertz CT molecular complexity index is 1420. The third-order valence-corrected chi connectivity index (χ3v) is 16.4.